The molecule has 3 heteroatoms. The number of fused-ring (bicyclic) bond motifs is 3. The molecule has 0 aromatic heterocycles. The summed E-state index contributed by atoms with van der Waals surface area (Å²) in [6.45, 7) is 0. The fourth-order valence-corrected chi connectivity index (χ4v) is 2.57. The van der Waals surface area contributed by atoms with Gasteiger partial charge in [-0.2, -0.15) is 0 Å². The molecule has 3 atom stereocenters. The Kier molecular flexibility index (Phi) is 1.53. The van der Waals surface area contributed by atoms with Crippen LogP contribution in [-0.2, 0) is 0 Å². The maximum Gasteiger partial charge on any atom is 0.165 e. The Morgan fingerprint density at radius 3 is 3.00 bits per heavy atom. The van der Waals surface area contributed by atoms with E-state index in [1.807, 2.05) is 6.07 Å². The monoisotopic (exact) mass is 192 g/mol. The topological polar surface area (TPSA) is 49.7 Å². The van der Waals surface area contributed by atoms with Crippen LogP contribution < -0.4 is 4.74 Å². The van der Waals surface area contributed by atoms with Gasteiger partial charge in [-0.1, -0.05) is 12.1 Å². The largest absolute Gasteiger partial charge is 0.504 e. The third kappa shape index (κ3) is 0.904. The molecule has 2 aliphatic rings. The average Bonchev–Trinajstić information content (AvgIpc) is 2.68. The second-order valence-electron chi connectivity index (χ2n) is 4.02. The maximum atomic E-state index is 9.78. The molecule has 2 N–H and O–H groups in total. The van der Waals surface area contributed by atoms with Crippen LogP contribution in [0, 0.1) is 0 Å². The van der Waals surface area contributed by atoms with Crippen molar-refractivity contribution in [3.05, 3.63) is 23.8 Å². The highest BCUT2D eigenvalue weighted by Crippen LogP contribution is 2.50. The molecule has 1 fully saturated rings. The average molecular weight is 192 g/mol. The highest BCUT2D eigenvalue weighted by molar-refractivity contribution is 5.51. The van der Waals surface area contributed by atoms with E-state index in [4.69, 9.17) is 4.74 Å². The molecule has 0 bridgehead atoms. The molecule has 0 spiro atoms. The van der Waals surface area contributed by atoms with Gasteiger partial charge >= 0.3 is 0 Å². The number of hydrogen-bond donors (Lipinski definition) is 2. The third-order valence-electron chi connectivity index (χ3n) is 3.22. The Labute approximate surface area is 81.9 Å². The number of para-hydroxylation sites is 1. The normalized spacial score (nSPS) is 33.6. The van der Waals surface area contributed by atoms with Gasteiger partial charge in [0.1, 0.15) is 6.10 Å². The summed E-state index contributed by atoms with van der Waals surface area (Å²) in [6.07, 6.45) is 1.42. The molecule has 3 nitrogen and oxygen atoms in total. The lowest BCUT2D eigenvalue weighted by Crippen LogP contribution is -2.18. The minimum absolute atomic E-state index is 0.0632. The molecule has 1 aliphatic heterocycles. The van der Waals surface area contributed by atoms with Crippen molar-refractivity contribution in [2.24, 2.45) is 0 Å². The lowest BCUT2D eigenvalue weighted by Gasteiger charge is -2.11. The molecule has 14 heavy (non-hydrogen) atoms. The van der Waals surface area contributed by atoms with Crippen molar-refractivity contribution in [1.82, 2.24) is 0 Å². The highest BCUT2D eigenvalue weighted by atomic mass is 16.5. The van der Waals surface area contributed by atoms with Crippen molar-refractivity contribution in [2.45, 2.75) is 31.0 Å². The van der Waals surface area contributed by atoms with Gasteiger partial charge in [0.15, 0.2) is 11.5 Å². The zero-order valence-corrected chi connectivity index (χ0v) is 7.68. The number of phenolic OH excluding ortho intramolecular Hbond substituents is 1. The van der Waals surface area contributed by atoms with Crippen molar-refractivity contribution in [3.8, 4) is 11.5 Å². The van der Waals surface area contributed by atoms with Crippen molar-refractivity contribution in [1.29, 1.82) is 0 Å². The SMILES string of the molecule is Oc1cccc2c1O[C@H]1CC[C@H](O)[C@@H]21. The van der Waals surface area contributed by atoms with E-state index in [-0.39, 0.29) is 23.9 Å². The van der Waals surface area contributed by atoms with Crippen LogP contribution in [0.5, 0.6) is 11.5 Å². The predicted octanol–water partition coefficient (Wildman–Crippen LogP) is 1.39. The molecule has 1 heterocycles. The second-order valence-corrected chi connectivity index (χ2v) is 4.02. The molecule has 1 aliphatic carbocycles. The van der Waals surface area contributed by atoms with Gasteiger partial charge in [0.25, 0.3) is 0 Å². The number of ether oxygens (including phenoxy) is 1. The Balaban J connectivity index is 2.11. The molecule has 0 unspecified atom stereocenters. The summed E-state index contributed by atoms with van der Waals surface area (Å²) in [7, 11) is 0. The number of aliphatic hydroxyl groups excluding tert-OH is 1. The number of benzene rings is 1. The summed E-state index contributed by atoms with van der Waals surface area (Å²) in [4.78, 5) is 0. The lowest BCUT2D eigenvalue weighted by atomic mass is 9.96. The summed E-state index contributed by atoms with van der Waals surface area (Å²) in [5, 5.41) is 19.3. The zero-order chi connectivity index (χ0) is 9.71. The van der Waals surface area contributed by atoms with Gasteiger partial charge in [-0.15, -0.1) is 0 Å². The van der Waals surface area contributed by atoms with Crippen molar-refractivity contribution in [2.75, 3.05) is 0 Å². The van der Waals surface area contributed by atoms with E-state index in [1.165, 1.54) is 0 Å². The van der Waals surface area contributed by atoms with E-state index in [9.17, 15) is 10.2 Å². The number of hydrogen-bond acceptors (Lipinski definition) is 3. The molecule has 1 aromatic carbocycles. The molecule has 3 rings (SSSR count). The van der Waals surface area contributed by atoms with Crippen LogP contribution >= 0.6 is 0 Å². The molecule has 1 saturated carbocycles. The van der Waals surface area contributed by atoms with Crippen LogP contribution in [0.1, 0.15) is 24.3 Å². The summed E-state index contributed by atoms with van der Waals surface area (Å²) in [6, 6.07) is 5.34. The summed E-state index contributed by atoms with van der Waals surface area (Å²) in [5.41, 5.74) is 0.958. The molecule has 0 radical (unpaired) electrons. The Morgan fingerprint density at radius 2 is 2.14 bits per heavy atom. The zero-order valence-electron chi connectivity index (χ0n) is 7.68. The van der Waals surface area contributed by atoms with Crippen LogP contribution in [0.2, 0.25) is 0 Å². The van der Waals surface area contributed by atoms with Crippen LogP contribution in [0.3, 0.4) is 0 Å². The van der Waals surface area contributed by atoms with E-state index < -0.39 is 0 Å². The van der Waals surface area contributed by atoms with E-state index in [0.29, 0.717) is 5.75 Å². The lowest BCUT2D eigenvalue weighted by molar-refractivity contribution is 0.142. The minimum atomic E-state index is -0.317. The van der Waals surface area contributed by atoms with Crippen LogP contribution in [-0.4, -0.2) is 22.4 Å². The Hall–Kier alpha value is -1.22. The van der Waals surface area contributed by atoms with Gasteiger partial charge in [-0.3, -0.25) is 0 Å². The van der Waals surface area contributed by atoms with Gasteiger partial charge < -0.3 is 14.9 Å². The highest BCUT2D eigenvalue weighted by Gasteiger charge is 2.44. The van der Waals surface area contributed by atoms with Gasteiger partial charge in [-0.25, -0.2) is 0 Å². The fraction of sp³-hybridized carbons (Fsp3) is 0.455. The number of phenols is 1. The van der Waals surface area contributed by atoms with Gasteiger partial charge in [0, 0.05) is 5.56 Å². The first-order valence-electron chi connectivity index (χ1n) is 4.94. The first-order chi connectivity index (χ1) is 6.77. The number of rotatable bonds is 0. The molecule has 0 saturated heterocycles. The first-order valence-corrected chi connectivity index (χ1v) is 4.94. The quantitative estimate of drug-likeness (QED) is 0.653. The molecule has 1 aromatic rings. The van der Waals surface area contributed by atoms with Gasteiger partial charge in [0.05, 0.1) is 12.0 Å². The summed E-state index contributed by atoms with van der Waals surface area (Å²) >= 11 is 0. The van der Waals surface area contributed by atoms with Gasteiger partial charge in [-0.05, 0) is 18.9 Å². The van der Waals surface area contributed by atoms with E-state index in [0.717, 1.165) is 18.4 Å². The Morgan fingerprint density at radius 1 is 1.29 bits per heavy atom. The third-order valence-corrected chi connectivity index (χ3v) is 3.22. The molecular formula is C11H12O3. The van der Waals surface area contributed by atoms with E-state index in [1.54, 1.807) is 12.1 Å². The van der Waals surface area contributed by atoms with Crippen LogP contribution in [0.15, 0.2) is 18.2 Å². The smallest absolute Gasteiger partial charge is 0.165 e. The van der Waals surface area contributed by atoms with Crippen molar-refractivity contribution >= 4 is 0 Å². The van der Waals surface area contributed by atoms with Gasteiger partial charge in [0.2, 0.25) is 0 Å². The number of aliphatic hydroxyl groups is 1. The van der Waals surface area contributed by atoms with E-state index >= 15 is 0 Å². The molecule has 0 amide bonds. The first kappa shape index (κ1) is 8.12. The fourth-order valence-electron chi connectivity index (χ4n) is 2.57. The summed E-state index contributed by atoms with van der Waals surface area (Å²) < 4.78 is 5.62. The van der Waals surface area contributed by atoms with Crippen molar-refractivity contribution in [3.63, 3.8) is 0 Å². The van der Waals surface area contributed by atoms with Crippen LogP contribution in [0.25, 0.3) is 0 Å². The van der Waals surface area contributed by atoms with Crippen LogP contribution in [0.4, 0.5) is 0 Å². The molecule has 74 valence electrons. The minimum Gasteiger partial charge on any atom is -0.504 e. The summed E-state index contributed by atoms with van der Waals surface area (Å²) in [5.74, 6) is 0.822. The standard InChI is InChI=1S/C11H12O3/c12-7-4-5-9-10(7)6-2-1-3-8(13)11(6)14-9/h1-3,7,9-10,12-13H,4-5H2/t7-,9-,10+/m0/s1. The molecular weight excluding hydrogens is 180 g/mol. The van der Waals surface area contributed by atoms with E-state index in [2.05, 4.69) is 0 Å². The predicted molar refractivity (Wildman–Crippen MR) is 50.5 cm³/mol. The maximum absolute atomic E-state index is 9.78. The second kappa shape index (κ2) is 2.64. The number of aromatic hydroxyl groups is 1. The Bertz CT molecular complexity index is 375. The van der Waals surface area contributed by atoms with Crippen molar-refractivity contribution < 1.29 is 14.9 Å².